The summed E-state index contributed by atoms with van der Waals surface area (Å²) in [5.41, 5.74) is 4.97. The van der Waals surface area contributed by atoms with Crippen molar-refractivity contribution in [2.75, 3.05) is 26.2 Å². The first-order chi connectivity index (χ1) is 12.7. The summed E-state index contributed by atoms with van der Waals surface area (Å²) in [7, 11) is 0. The molecule has 140 valence electrons. The molecule has 0 spiro atoms. The van der Waals surface area contributed by atoms with E-state index >= 15 is 0 Å². The number of carbonyl (C=O) groups is 1. The standard InChI is InChI=1S/C21H29N3O2/c22-23-21(25)19-10-12-24(13-11-19)14-15-26-20-8-6-18(7-9-20)16-17-4-2-1-3-5-17/h2,4-9,19H,1,3,10-16,22H2,(H,23,25). The number of hydrogen-bond donors (Lipinski definition) is 2. The third-order valence-electron chi connectivity index (χ3n) is 5.18. The second-order valence-corrected chi connectivity index (χ2v) is 7.05. The number of nitrogens with one attached hydrogen (secondary N) is 1. The summed E-state index contributed by atoms with van der Waals surface area (Å²) in [5, 5.41) is 0. The molecule has 1 amide bonds. The molecule has 0 radical (unpaired) electrons. The fraction of sp³-hybridized carbons (Fsp3) is 0.476. The van der Waals surface area contributed by atoms with Crippen molar-refractivity contribution >= 4 is 5.91 Å². The smallest absolute Gasteiger partial charge is 0.237 e. The molecule has 3 rings (SSSR count). The van der Waals surface area contributed by atoms with Gasteiger partial charge in [0.05, 0.1) is 0 Å². The summed E-state index contributed by atoms with van der Waals surface area (Å²) < 4.78 is 5.88. The van der Waals surface area contributed by atoms with Crippen LogP contribution in [0.3, 0.4) is 0 Å². The molecule has 3 N–H and O–H groups in total. The summed E-state index contributed by atoms with van der Waals surface area (Å²) in [5.74, 6) is 6.13. The maximum absolute atomic E-state index is 11.5. The maximum Gasteiger partial charge on any atom is 0.237 e. The molecule has 1 aliphatic heterocycles. The normalized spacial score (nSPS) is 18.4. The third-order valence-corrected chi connectivity index (χ3v) is 5.18. The average molecular weight is 355 g/mol. The number of piperidine rings is 1. The number of hydrogen-bond acceptors (Lipinski definition) is 4. The van der Waals surface area contributed by atoms with Crippen LogP contribution in [0.4, 0.5) is 0 Å². The van der Waals surface area contributed by atoms with Crippen molar-refractivity contribution in [3.8, 4) is 5.75 Å². The van der Waals surface area contributed by atoms with Crippen LogP contribution in [-0.2, 0) is 11.2 Å². The molecule has 0 unspecified atom stereocenters. The molecule has 0 saturated carbocycles. The predicted octanol–water partition coefficient (Wildman–Crippen LogP) is 2.59. The minimum atomic E-state index is -0.0412. The maximum atomic E-state index is 11.5. The van der Waals surface area contributed by atoms with Crippen molar-refractivity contribution in [1.29, 1.82) is 0 Å². The van der Waals surface area contributed by atoms with Crippen molar-refractivity contribution in [1.82, 2.24) is 10.3 Å². The Kier molecular flexibility index (Phi) is 6.86. The Hall–Kier alpha value is -2.11. The summed E-state index contributed by atoms with van der Waals surface area (Å²) in [4.78, 5) is 13.9. The molecule has 26 heavy (non-hydrogen) atoms. The molecule has 1 heterocycles. The van der Waals surface area contributed by atoms with Gasteiger partial charge in [-0.25, -0.2) is 5.84 Å². The SMILES string of the molecule is NNC(=O)C1CCN(CCOc2ccc(CC3=CCCC=C3)cc2)CC1. The molecule has 1 saturated heterocycles. The highest BCUT2D eigenvalue weighted by molar-refractivity contribution is 5.78. The predicted molar refractivity (Wildman–Crippen MR) is 104 cm³/mol. The summed E-state index contributed by atoms with van der Waals surface area (Å²) in [6.07, 6.45) is 11.8. The summed E-state index contributed by atoms with van der Waals surface area (Å²) in [6, 6.07) is 8.41. The van der Waals surface area contributed by atoms with Crippen molar-refractivity contribution in [3.63, 3.8) is 0 Å². The topological polar surface area (TPSA) is 67.6 Å². The Labute approximate surface area is 155 Å². The van der Waals surface area contributed by atoms with Gasteiger partial charge in [0.1, 0.15) is 12.4 Å². The van der Waals surface area contributed by atoms with Crippen LogP contribution < -0.4 is 16.0 Å². The first-order valence-electron chi connectivity index (χ1n) is 9.55. The van der Waals surface area contributed by atoms with Crippen molar-refractivity contribution in [2.45, 2.75) is 32.1 Å². The Morgan fingerprint density at radius 3 is 2.62 bits per heavy atom. The minimum absolute atomic E-state index is 0.0412. The first kappa shape index (κ1) is 18.7. The number of amides is 1. The molecule has 1 aromatic rings. The lowest BCUT2D eigenvalue weighted by atomic mass is 9.96. The van der Waals surface area contributed by atoms with Gasteiger partial charge in [-0.2, -0.15) is 0 Å². The van der Waals surface area contributed by atoms with Crippen LogP contribution in [0.15, 0.2) is 48.1 Å². The molecule has 1 aromatic carbocycles. The van der Waals surface area contributed by atoms with E-state index in [4.69, 9.17) is 10.6 Å². The number of rotatable bonds is 7. The van der Waals surface area contributed by atoms with Gasteiger partial charge in [-0.05, 0) is 68.5 Å². The number of benzene rings is 1. The largest absolute Gasteiger partial charge is 0.492 e. The lowest BCUT2D eigenvalue weighted by Crippen LogP contribution is -2.43. The van der Waals surface area contributed by atoms with Gasteiger partial charge in [0.2, 0.25) is 5.91 Å². The fourth-order valence-electron chi connectivity index (χ4n) is 3.57. The number of nitrogens with two attached hydrogens (primary N) is 1. The van der Waals surface area contributed by atoms with Gasteiger partial charge >= 0.3 is 0 Å². The summed E-state index contributed by atoms with van der Waals surface area (Å²) >= 11 is 0. The molecule has 5 nitrogen and oxygen atoms in total. The van der Waals surface area contributed by atoms with E-state index in [9.17, 15) is 4.79 Å². The summed E-state index contributed by atoms with van der Waals surface area (Å²) in [6.45, 7) is 3.39. The van der Waals surface area contributed by atoms with Crippen molar-refractivity contribution in [2.24, 2.45) is 11.8 Å². The highest BCUT2D eigenvalue weighted by Gasteiger charge is 2.24. The van der Waals surface area contributed by atoms with Crippen LogP contribution in [-0.4, -0.2) is 37.0 Å². The number of carbonyl (C=O) groups excluding carboxylic acids is 1. The molecule has 5 heteroatoms. The van der Waals surface area contributed by atoms with E-state index in [1.54, 1.807) is 0 Å². The number of hydrazine groups is 1. The number of likely N-dealkylation sites (tertiary alicyclic amines) is 1. The zero-order valence-electron chi connectivity index (χ0n) is 15.3. The van der Waals surface area contributed by atoms with Crippen LogP contribution in [0.1, 0.15) is 31.2 Å². The van der Waals surface area contributed by atoms with Crippen LogP contribution in [0.25, 0.3) is 0 Å². The van der Waals surface area contributed by atoms with Gasteiger partial charge in [0.15, 0.2) is 0 Å². The number of ether oxygens (including phenoxy) is 1. The Morgan fingerprint density at radius 2 is 1.96 bits per heavy atom. The minimum Gasteiger partial charge on any atom is -0.492 e. The fourth-order valence-corrected chi connectivity index (χ4v) is 3.57. The van der Waals surface area contributed by atoms with Gasteiger partial charge in [-0.15, -0.1) is 0 Å². The van der Waals surface area contributed by atoms with Gasteiger partial charge in [-0.3, -0.25) is 15.1 Å². The molecular weight excluding hydrogens is 326 g/mol. The number of allylic oxidation sites excluding steroid dienone is 4. The number of nitrogens with zero attached hydrogens (tertiary/aromatic N) is 1. The molecule has 0 bridgehead atoms. The molecule has 1 fully saturated rings. The van der Waals surface area contributed by atoms with Gasteiger partial charge in [0.25, 0.3) is 0 Å². The lowest BCUT2D eigenvalue weighted by molar-refractivity contribution is -0.126. The zero-order valence-corrected chi connectivity index (χ0v) is 15.3. The van der Waals surface area contributed by atoms with Gasteiger partial charge < -0.3 is 4.74 Å². The van der Waals surface area contributed by atoms with Crippen molar-refractivity contribution < 1.29 is 9.53 Å². The van der Waals surface area contributed by atoms with E-state index in [1.807, 2.05) is 0 Å². The molecule has 2 aliphatic rings. The quantitative estimate of drug-likeness (QED) is 0.448. The second kappa shape index (κ2) is 9.55. The highest BCUT2D eigenvalue weighted by atomic mass is 16.5. The van der Waals surface area contributed by atoms with Crippen LogP contribution in [0.2, 0.25) is 0 Å². The van der Waals surface area contributed by atoms with Gasteiger partial charge in [-0.1, -0.05) is 30.4 Å². The van der Waals surface area contributed by atoms with E-state index in [1.165, 1.54) is 11.1 Å². The van der Waals surface area contributed by atoms with Crippen molar-refractivity contribution in [3.05, 3.63) is 53.6 Å². The monoisotopic (exact) mass is 355 g/mol. The highest BCUT2D eigenvalue weighted by Crippen LogP contribution is 2.19. The zero-order chi connectivity index (χ0) is 18.2. The Bertz CT molecular complexity index is 644. The van der Waals surface area contributed by atoms with Crippen LogP contribution in [0.5, 0.6) is 5.75 Å². The Balaban J connectivity index is 1.37. The average Bonchev–Trinajstić information content (AvgIpc) is 2.70. The Morgan fingerprint density at radius 1 is 1.19 bits per heavy atom. The van der Waals surface area contributed by atoms with E-state index in [-0.39, 0.29) is 11.8 Å². The van der Waals surface area contributed by atoms with Crippen LogP contribution in [0, 0.1) is 5.92 Å². The van der Waals surface area contributed by atoms with Crippen LogP contribution >= 0.6 is 0 Å². The van der Waals surface area contributed by atoms with E-state index in [0.29, 0.717) is 6.61 Å². The molecule has 1 aliphatic carbocycles. The third kappa shape index (κ3) is 5.44. The molecule has 0 aromatic heterocycles. The van der Waals surface area contributed by atoms with E-state index in [0.717, 1.165) is 57.5 Å². The first-order valence-corrected chi connectivity index (χ1v) is 9.55. The van der Waals surface area contributed by atoms with Gasteiger partial charge in [0, 0.05) is 12.5 Å². The second-order valence-electron chi connectivity index (χ2n) is 7.05. The lowest BCUT2D eigenvalue weighted by Gasteiger charge is -2.30. The van der Waals surface area contributed by atoms with E-state index < -0.39 is 0 Å². The molecular formula is C21H29N3O2. The molecule has 0 atom stereocenters. The van der Waals surface area contributed by atoms with E-state index in [2.05, 4.69) is 52.8 Å².